The van der Waals surface area contributed by atoms with Crippen molar-refractivity contribution in [3.8, 4) is 0 Å². The topological polar surface area (TPSA) is 35.6 Å². The van der Waals surface area contributed by atoms with Crippen LogP contribution in [0.2, 0.25) is 0 Å². The smallest absolute Gasteiger partial charge is 0.238 e. The van der Waals surface area contributed by atoms with Gasteiger partial charge in [-0.2, -0.15) is 0 Å². The van der Waals surface area contributed by atoms with E-state index in [4.69, 9.17) is 0 Å². The van der Waals surface area contributed by atoms with Crippen LogP contribution in [-0.4, -0.2) is 54.5 Å². The molecule has 0 saturated carbocycles. The highest BCUT2D eigenvalue weighted by Crippen LogP contribution is 2.18. The normalized spacial score (nSPS) is 23.4. The first-order valence-electron chi connectivity index (χ1n) is 8.29. The Hall–Kier alpha value is -1.65. The van der Waals surface area contributed by atoms with Crippen molar-refractivity contribution in [1.82, 2.24) is 9.80 Å². The summed E-state index contributed by atoms with van der Waals surface area (Å²) >= 11 is 0. The molecule has 1 amide bonds. The predicted octanol–water partition coefficient (Wildman–Crippen LogP) is 2.35. The fourth-order valence-electron chi connectivity index (χ4n) is 3.28. The molecule has 1 N–H and O–H groups in total. The number of nitrogens with one attached hydrogen (secondary N) is 1. The van der Waals surface area contributed by atoms with Crippen LogP contribution in [-0.2, 0) is 4.79 Å². The van der Waals surface area contributed by atoms with Crippen molar-refractivity contribution in [3.05, 3.63) is 42.5 Å². The van der Waals surface area contributed by atoms with E-state index in [-0.39, 0.29) is 5.91 Å². The van der Waals surface area contributed by atoms with Crippen LogP contribution in [0, 0.1) is 0 Å². The Bertz CT molecular complexity index is 506. The second kappa shape index (κ2) is 7.56. The minimum atomic E-state index is 0.0808. The zero-order valence-corrected chi connectivity index (χ0v) is 13.1. The molecule has 1 saturated heterocycles. The van der Waals surface area contributed by atoms with Crippen LogP contribution in [0.4, 0.5) is 5.69 Å². The van der Waals surface area contributed by atoms with Gasteiger partial charge in [-0.15, -0.1) is 0 Å². The molecule has 2 aliphatic rings. The van der Waals surface area contributed by atoms with Crippen molar-refractivity contribution in [1.29, 1.82) is 0 Å². The second-order valence-electron chi connectivity index (χ2n) is 6.15. The molecule has 1 unspecified atom stereocenters. The van der Waals surface area contributed by atoms with Crippen LogP contribution in [0.3, 0.4) is 0 Å². The molecular formula is C18H25N3O. The van der Waals surface area contributed by atoms with Crippen LogP contribution in [0.5, 0.6) is 0 Å². The van der Waals surface area contributed by atoms with Gasteiger partial charge >= 0.3 is 0 Å². The number of anilines is 1. The summed E-state index contributed by atoms with van der Waals surface area (Å²) in [5.74, 6) is 0.0808. The highest BCUT2D eigenvalue weighted by molar-refractivity contribution is 5.92. The van der Waals surface area contributed by atoms with Gasteiger partial charge in [0.05, 0.1) is 6.54 Å². The number of amides is 1. The maximum atomic E-state index is 12.1. The number of hydrogen-bond acceptors (Lipinski definition) is 3. The summed E-state index contributed by atoms with van der Waals surface area (Å²) < 4.78 is 0. The lowest BCUT2D eigenvalue weighted by Gasteiger charge is -2.38. The number of para-hydroxylation sites is 1. The van der Waals surface area contributed by atoms with Crippen LogP contribution in [0.1, 0.15) is 19.3 Å². The molecule has 1 aromatic carbocycles. The maximum absolute atomic E-state index is 12.1. The van der Waals surface area contributed by atoms with Gasteiger partial charge in [-0.05, 0) is 31.4 Å². The first-order valence-corrected chi connectivity index (χ1v) is 8.29. The lowest BCUT2D eigenvalue weighted by molar-refractivity contribution is -0.117. The van der Waals surface area contributed by atoms with Crippen LogP contribution < -0.4 is 5.32 Å². The molecule has 1 aliphatic carbocycles. The number of nitrogens with zero attached hydrogens (tertiary/aromatic N) is 2. The van der Waals surface area contributed by atoms with Gasteiger partial charge in [0.15, 0.2) is 0 Å². The summed E-state index contributed by atoms with van der Waals surface area (Å²) in [5, 5.41) is 2.96. The molecule has 1 aromatic rings. The van der Waals surface area contributed by atoms with Gasteiger partial charge in [0.25, 0.3) is 0 Å². The quantitative estimate of drug-likeness (QED) is 0.867. The largest absolute Gasteiger partial charge is 0.325 e. The third kappa shape index (κ3) is 4.18. The van der Waals surface area contributed by atoms with Crippen molar-refractivity contribution in [3.63, 3.8) is 0 Å². The first kappa shape index (κ1) is 15.3. The summed E-state index contributed by atoms with van der Waals surface area (Å²) in [6, 6.07) is 10.3. The van der Waals surface area contributed by atoms with Crippen molar-refractivity contribution in [2.24, 2.45) is 0 Å². The standard InChI is InChI=1S/C18H25N3O/c22-18(19-16-7-3-1-4-8-16)15-20-11-13-21(14-12-20)17-9-5-2-6-10-17/h1,3-5,7-9,17H,2,6,10-15H2,(H,19,22). The molecule has 22 heavy (non-hydrogen) atoms. The minimum Gasteiger partial charge on any atom is -0.325 e. The highest BCUT2D eigenvalue weighted by Gasteiger charge is 2.23. The molecule has 0 radical (unpaired) electrons. The molecule has 3 rings (SSSR count). The van der Waals surface area contributed by atoms with Crippen molar-refractivity contribution in [2.45, 2.75) is 25.3 Å². The molecule has 0 bridgehead atoms. The number of carbonyl (C=O) groups excluding carboxylic acids is 1. The van der Waals surface area contributed by atoms with Crippen LogP contribution >= 0.6 is 0 Å². The molecule has 0 aromatic heterocycles. The Morgan fingerprint density at radius 2 is 1.91 bits per heavy atom. The van der Waals surface area contributed by atoms with Gasteiger partial charge in [0, 0.05) is 37.9 Å². The van der Waals surface area contributed by atoms with Gasteiger partial charge in [-0.3, -0.25) is 14.6 Å². The number of carbonyl (C=O) groups is 1. The number of allylic oxidation sites excluding steroid dienone is 1. The first-order chi connectivity index (χ1) is 10.8. The van der Waals surface area contributed by atoms with Gasteiger partial charge in [0.2, 0.25) is 5.91 Å². The Morgan fingerprint density at radius 3 is 2.59 bits per heavy atom. The number of hydrogen-bond donors (Lipinski definition) is 1. The summed E-state index contributed by atoms with van der Waals surface area (Å²) in [6.45, 7) is 4.57. The fourth-order valence-corrected chi connectivity index (χ4v) is 3.28. The third-order valence-corrected chi connectivity index (χ3v) is 4.53. The van der Waals surface area contributed by atoms with Crippen molar-refractivity contribution >= 4 is 11.6 Å². The number of benzene rings is 1. The van der Waals surface area contributed by atoms with Gasteiger partial charge < -0.3 is 5.32 Å². The zero-order valence-electron chi connectivity index (χ0n) is 13.1. The maximum Gasteiger partial charge on any atom is 0.238 e. The van der Waals surface area contributed by atoms with E-state index in [2.05, 4.69) is 27.3 Å². The van der Waals surface area contributed by atoms with E-state index in [1.165, 1.54) is 19.3 Å². The highest BCUT2D eigenvalue weighted by atomic mass is 16.2. The number of piperazine rings is 1. The summed E-state index contributed by atoms with van der Waals surface area (Å²) in [4.78, 5) is 16.9. The summed E-state index contributed by atoms with van der Waals surface area (Å²) in [5.41, 5.74) is 0.874. The van der Waals surface area contributed by atoms with Gasteiger partial charge in [-0.1, -0.05) is 30.4 Å². The van der Waals surface area contributed by atoms with E-state index >= 15 is 0 Å². The fraction of sp³-hybridized carbons (Fsp3) is 0.500. The Labute approximate surface area is 132 Å². The van der Waals surface area contributed by atoms with Crippen molar-refractivity contribution in [2.75, 3.05) is 38.0 Å². The van der Waals surface area contributed by atoms with Gasteiger partial charge in [-0.25, -0.2) is 0 Å². The Balaban J connectivity index is 1.42. The molecule has 1 heterocycles. The Morgan fingerprint density at radius 1 is 1.14 bits per heavy atom. The summed E-state index contributed by atoms with van der Waals surface area (Å²) in [6.07, 6.45) is 8.50. The molecule has 1 aliphatic heterocycles. The predicted molar refractivity (Wildman–Crippen MR) is 89.9 cm³/mol. The van der Waals surface area contributed by atoms with E-state index in [1.54, 1.807) is 0 Å². The van der Waals surface area contributed by atoms with E-state index in [0.717, 1.165) is 31.9 Å². The van der Waals surface area contributed by atoms with Crippen LogP contribution in [0.25, 0.3) is 0 Å². The third-order valence-electron chi connectivity index (χ3n) is 4.53. The average Bonchev–Trinajstić information content (AvgIpc) is 2.57. The summed E-state index contributed by atoms with van der Waals surface area (Å²) in [7, 11) is 0. The van der Waals surface area contributed by atoms with E-state index in [0.29, 0.717) is 12.6 Å². The molecule has 4 heteroatoms. The average molecular weight is 299 g/mol. The Kier molecular flexibility index (Phi) is 5.24. The van der Waals surface area contributed by atoms with E-state index < -0.39 is 0 Å². The lowest BCUT2D eigenvalue weighted by Crippen LogP contribution is -2.51. The molecule has 1 atom stereocenters. The van der Waals surface area contributed by atoms with Gasteiger partial charge in [0.1, 0.15) is 0 Å². The molecule has 118 valence electrons. The monoisotopic (exact) mass is 299 g/mol. The molecule has 4 nitrogen and oxygen atoms in total. The lowest BCUT2D eigenvalue weighted by atomic mass is 10.0. The molecule has 0 spiro atoms. The van der Waals surface area contributed by atoms with Crippen molar-refractivity contribution < 1.29 is 4.79 Å². The SMILES string of the molecule is O=C(CN1CCN(C2C=CCCC2)CC1)Nc1ccccc1. The molecule has 1 fully saturated rings. The second-order valence-corrected chi connectivity index (χ2v) is 6.15. The number of rotatable bonds is 4. The molecular weight excluding hydrogens is 274 g/mol. The zero-order chi connectivity index (χ0) is 15.2. The minimum absolute atomic E-state index is 0.0808. The van der Waals surface area contributed by atoms with Crippen LogP contribution in [0.15, 0.2) is 42.5 Å². The van der Waals surface area contributed by atoms with E-state index in [1.807, 2.05) is 30.3 Å². The van der Waals surface area contributed by atoms with E-state index in [9.17, 15) is 4.79 Å².